The predicted molar refractivity (Wildman–Crippen MR) is 46.9 cm³/mol. The summed E-state index contributed by atoms with van der Waals surface area (Å²) in [4.78, 5) is 20.5. The van der Waals surface area contributed by atoms with Crippen LogP contribution in [0, 0.1) is 24.0 Å². The third-order valence-electron chi connectivity index (χ3n) is 2.18. The molecule has 0 aliphatic heterocycles. The van der Waals surface area contributed by atoms with E-state index in [0.717, 1.165) is 0 Å². The molecule has 1 aromatic rings. The number of nitro groups is 1. The molecule has 0 amide bonds. The van der Waals surface area contributed by atoms with E-state index < -0.39 is 10.9 Å². The van der Waals surface area contributed by atoms with Crippen LogP contribution in [0.15, 0.2) is 12.1 Å². The molecule has 0 aromatic heterocycles. The van der Waals surface area contributed by atoms with E-state index in [1.807, 2.05) is 0 Å². The minimum Gasteiger partial charge on any atom is -0.545 e. The molecule has 15 heavy (non-hydrogen) atoms. The fraction of sp³-hybridized carbons (Fsp3) is 0.222. The van der Waals surface area contributed by atoms with E-state index in [-0.39, 0.29) is 62.6 Å². The molecule has 74 valence electrons. The molecule has 1 rings (SSSR count). The van der Waals surface area contributed by atoms with Crippen LogP contribution in [-0.4, -0.2) is 10.9 Å². The molecule has 0 bridgehead atoms. The van der Waals surface area contributed by atoms with Gasteiger partial charge in [0, 0.05) is 17.2 Å². The summed E-state index contributed by atoms with van der Waals surface area (Å²) < 4.78 is 0. The van der Waals surface area contributed by atoms with Crippen molar-refractivity contribution in [2.24, 2.45) is 0 Å². The number of carboxylic acids is 1. The van der Waals surface area contributed by atoms with Gasteiger partial charge in [0.2, 0.25) is 0 Å². The van der Waals surface area contributed by atoms with Crippen LogP contribution in [0.25, 0.3) is 0 Å². The maximum Gasteiger partial charge on any atom is 1.00 e. The Balaban J connectivity index is 0.00000196. The first kappa shape index (κ1) is 14.7. The van der Waals surface area contributed by atoms with Gasteiger partial charge in [0.1, 0.15) is 0 Å². The monoisotopic (exact) mass is 233 g/mol. The number of nitro benzene ring substituents is 1. The fourth-order valence-corrected chi connectivity index (χ4v) is 1.23. The largest absolute Gasteiger partial charge is 1.00 e. The number of carbonyl (C=O) groups excluding carboxylic acids is 1. The third-order valence-corrected chi connectivity index (χ3v) is 2.18. The standard InChI is InChI=1S/C9H9NO4.K/c1-5-6(2)8(10(13)14)4-3-7(5)9(11)12;/h3-4H,1-2H3,(H,11,12);/q;+1/p-1. The number of hydrogen-bond acceptors (Lipinski definition) is 4. The van der Waals surface area contributed by atoms with Gasteiger partial charge in [-0.1, -0.05) is 0 Å². The Morgan fingerprint density at radius 1 is 1.27 bits per heavy atom. The average Bonchev–Trinajstić information content (AvgIpc) is 2.08. The summed E-state index contributed by atoms with van der Waals surface area (Å²) in [5, 5.41) is 21.1. The zero-order valence-electron chi connectivity index (χ0n) is 8.73. The molecule has 0 fully saturated rings. The Kier molecular flexibility index (Phi) is 5.61. The van der Waals surface area contributed by atoms with Gasteiger partial charge >= 0.3 is 51.4 Å². The van der Waals surface area contributed by atoms with Crippen molar-refractivity contribution in [1.82, 2.24) is 0 Å². The first-order valence-electron chi connectivity index (χ1n) is 3.91. The molecule has 6 heteroatoms. The van der Waals surface area contributed by atoms with E-state index in [4.69, 9.17) is 0 Å². The van der Waals surface area contributed by atoms with E-state index in [1.54, 1.807) is 0 Å². The Bertz CT molecular complexity index is 378. The quantitative estimate of drug-likeness (QED) is 0.323. The molecule has 0 unspecified atom stereocenters. The van der Waals surface area contributed by atoms with Crippen LogP contribution in [-0.2, 0) is 0 Å². The smallest absolute Gasteiger partial charge is 0.545 e. The van der Waals surface area contributed by atoms with Crippen LogP contribution >= 0.6 is 0 Å². The van der Waals surface area contributed by atoms with E-state index in [1.165, 1.54) is 26.0 Å². The van der Waals surface area contributed by atoms with Crippen molar-refractivity contribution in [3.8, 4) is 0 Å². The number of carboxylic acid groups (broad SMARTS) is 1. The molecule has 0 saturated carbocycles. The fourth-order valence-electron chi connectivity index (χ4n) is 1.23. The van der Waals surface area contributed by atoms with Crippen molar-refractivity contribution in [3.63, 3.8) is 0 Å². The number of hydrogen-bond donors (Lipinski definition) is 0. The third kappa shape index (κ3) is 3.09. The van der Waals surface area contributed by atoms with E-state index in [0.29, 0.717) is 11.1 Å². The van der Waals surface area contributed by atoms with Gasteiger partial charge in [0.15, 0.2) is 0 Å². The minimum absolute atomic E-state index is 0. The second-order valence-corrected chi connectivity index (χ2v) is 2.93. The van der Waals surface area contributed by atoms with Crippen molar-refractivity contribution in [3.05, 3.63) is 38.9 Å². The van der Waals surface area contributed by atoms with Crippen molar-refractivity contribution < 1.29 is 66.2 Å². The number of aromatic carboxylic acids is 1. The molecule has 0 saturated heterocycles. The van der Waals surface area contributed by atoms with Crippen LogP contribution in [0.1, 0.15) is 21.5 Å². The van der Waals surface area contributed by atoms with Crippen molar-refractivity contribution in [2.75, 3.05) is 0 Å². The SMILES string of the molecule is Cc1c(C(=O)[O-])ccc([N+](=O)[O-])c1C.[K+]. The number of benzene rings is 1. The predicted octanol–water partition coefficient (Wildman–Crippen LogP) is -2.42. The molecule has 5 nitrogen and oxygen atoms in total. The summed E-state index contributed by atoms with van der Waals surface area (Å²) in [5.74, 6) is -1.32. The summed E-state index contributed by atoms with van der Waals surface area (Å²) in [7, 11) is 0. The molecule has 0 radical (unpaired) electrons. The molecule has 0 aliphatic carbocycles. The van der Waals surface area contributed by atoms with Crippen LogP contribution in [0.5, 0.6) is 0 Å². The first-order chi connectivity index (χ1) is 6.45. The molecular weight excluding hydrogens is 225 g/mol. The van der Waals surface area contributed by atoms with Crippen LogP contribution in [0.3, 0.4) is 0 Å². The second kappa shape index (κ2) is 5.71. The topological polar surface area (TPSA) is 83.3 Å². The molecule has 0 spiro atoms. The number of carbonyl (C=O) groups is 1. The van der Waals surface area contributed by atoms with Crippen molar-refractivity contribution in [2.45, 2.75) is 13.8 Å². The van der Waals surface area contributed by atoms with Crippen LogP contribution in [0.4, 0.5) is 5.69 Å². The summed E-state index contributed by atoms with van der Waals surface area (Å²) in [6.07, 6.45) is 0. The van der Waals surface area contributed by atoms with Gasteiger partial charge in [-0.25, -0.2) is 0 Å². The van der Waals surface area contributed by atoms with E-state index in [2.05, 4.69) is 0 Å². The Labute approximate surface area is 129 Å². The molecule has 1 aromatic carbocycles. The zero-order chi connectivity index (χ0) is 10.9. The molecular formula is C9H8KNO4. The molecule has 0 N–H and O–H groups in total. The summed E-state index contributed by atoms with van der Waals surface area (Å²) in [5.41, 5.74) is 0.650. The van der Waals surface area contributed by atoms with E-state index >= 15 is 0 Å². The maximum atomic E-state index is 10.6. The van der Waals surface area contributed by atoms with E-state index in [9.17, 15) is 20.0 Å². The van der Waals surface area contributed by atoms with Crippen molar-refractivity contribution >= 4 is 11.7 Å². The molecule has 0 heterocycles. The Morgan fingerprint density at radius 3 is 2.20 bits per heavy atom. The second-order valence-electron chi connectivity index (χ2n) is 2.93. The van der Waals surface area contributed by atoms with Gasteiger partial charge in [-0.2, -0.15) is 0 Å². The van der Waals surface area contributed by atoms with Gasteiger partial charge in [-0.05, 0) is 25.5 Å². The minimum atomic E-state index is -1.32. The van der Waals surface area contributed by atoms with Crippen LogP contribution < -0.4 is 56.5 Å². The Hall–Kier alpha value is -0.274. The van der Waals surface area contributed by atoms with Gasteiger partial charge < -0.3 is 9.90 Å². The van der Waals surface area contributed by atoms with Gasteiger partial charge in [0.05, 0.1) is 10.9 Å². The van der Waals surface area contributed by atoms with Gasteiger partial charge in [-0.3, -0.25) is 10.1 Å². The number of nitrogens with zero attached hydrogens (tertiary/aromatic N) is 1. The Morgan fingerprint density at radius 2 is 1.80 bits per heavy atom. The summed E-state index contributed by atoms with van der Waals surface area (Å²) in [6, 6.07) is 2.36. The first-order valence-corrected chi connectivity index (χ1v) is 3.91. The molecule has 0 aliphatic rings. The summed E-state index contributed by atoms with van der Waals surface area (Å²) in [6.45, 7) is 3.04. The maximum absolute atomic E-state index is 10.6. The van der Waals surface area contributed by atoms with Crippen molar-refractivity contribution in [1.29, 1.82) is 0 Å². The number of rotatable bonds is 2. The average molecular weight is 233 g/mol. The normalized spacial score (nSPS) is 9.20. The van der Waals surface area contributed by atoms with Crippen LogP contribution in [0.2, 0.25) is 0 Å². The zero-order valence-corrected chi connectivity index (χ0v) is 11.9. The summed E-state index contributed by atoms with van der Waals surface area (Å²) >= 11 is 0. The van der Waals surface area contributed by atoms with Gasteiger partial charge in [0.25, 0.3) is 5.69 Å². The van der Waals surface area contributed by atoms with Gasteiger partial charge in [-0.15, -0.1) is 0 Å². The molecule has 0 atom stereocenters.